The quantitative estimate of drug-likeness (QED) is 0.480. The van der Waals surface area contributed by atoms with Gasteiger partial charge in [0.2, 0.25) is 0 Å². The molecule has 0 unspecified atom stereocenters. The summed E-state index contributed by atoms with van der Waals surface area (Å²) in [4.78, 5) is 21.3. The molecule has 0 atom stereocenters. The van der Waals surface area contributed by atoms with Crippen molar-refractivity contribution in [3.05, 3.63) is 0 Å². The van der Waals surface area contributed by atoms with Crippen molar-refractivity contribution in [3.8, 4) is 6.07 Å². The first-order chi connectivity index (χ1) is 7.66. The third-order valence-electron chi connectivity index (χ3n) is 1.97. The second kappa shape index (κ2) is 9.97. The lowest BCUT2D eigenvalue weighted by molar-refractivity contribution is -0.143. The van der Waals surface area contributed by atoms with Crippen LogP contribution in [0.4, 0.5) is 0 Å². The van der Waals surface area contributed by atoms with Crippen molar-refractivity contribution in [1.29, 1.82) is 5.26 Å². The Balaban J connectivity index is 3.24. The van der Waals surface area contributed by atoms with Gasteiger partial charge in [0.15, 0.2) is 0 Å². The summed E-state index contributed by atoms with van der Waals surface area (Å²) in [5.41, 5.74) is 0. The van der Waals surface area contributed by atoms with Crippen LogP contribution in [-0.2, 0) is 14.3 Å². The van der Waals surface area contributed by atoms with E-state index in [9.17, 15) is 9.59 Å². The van der Waals surface area contributed by atoms with E-state index in [1.807, 2.05) is 6.07 Å². The van der Waals surface area contributed by atoms with E-state index in [1.54, 1.807) is 0 Å². The number of esters is 1. The maximum Gasteiger partial charge on any atom is 0.305 e. The zero-order valence-electron chi connectivity index (χ0n) is 9.28. The summed E-state index contributed by atoms with van der Waals surface area (Å²) < 4.78 is 4.87. The number of nitriles is 1. The molecule has 5 nitrogen and oxygen atoms in total. The summed E-state index contributed by atoms with van der Waals surface area (Å²) >= 11 is 0. The van der Waals surface area contributed by atoms with E-state index in [2.05, 4.69) is 0 Å². The predicted molar refractivity (Wildman–Crippen MR) is 56.5 cm³/mol. The summed E-state index contributed by atoms with van der Waals surface area (Å²) in [7, 11) is 0. The van der Waals surface area contributed by atoms with Crippen LogP contribution in [0.5, 0.6) is 0 Å². The molecule has 0 saturated heterocycles. The summed E-state index contributed by atoms with van der Waals surface area (Å²) in [5, 5.41) is 16.6. The highest BCUT2D eigenvalue weighted by Crippen LogP contribution is 2.04. The Labute approximate surface area is 95.0 Å². The van der Waals surface area contributed by atoms with Crippen LogP contribution in [0, 0.1) is 11.3 Å². The Morgan fingerprint density at radius 1 is 1.12 bits per heavy atom. The van der Waals surface area contributed by atoms with Gasteiger partial charge in [-0.3, -0.25) is 9.59 Å². The standard InChI is InChI=1S/C11H17NO4/c12-8-4-5-9-16-11(15)7-3-1-2-6-10(13)14/h1-7,9H2,(H,13,14). The van der Waals surface area contributed by atoms with Crippen molar-refractivity contribution >= 4 is 11.9 Å². The second-order valence-electron chi connectivity index (χ2n) is 3.44. The van der Waals surface area contributed by atoms with Gasteiger partial charge in [0.05, 0.1) is 12.7 Å². The van der Waals surface area contributed by atoms with Crippen LogP contribution in [0.15, 0.2) is 0 Å². The number of hydrogen-bond donors (Lipinski definition) is 1. The van der Waals surface area contributed by atoms with E-state index in [1.165, 1.54) is 0 Å². The minimum atomic E-state index is -0.806. The van der Waals surface area contributed by atoms with Crippen molar-refractivity contribution < 1.29 is 19.4 Å². The van der Waals surface area contributed by atoms with Crippen molar-refractivity contribution in [2.45, 2.75) is 44.9 Å². The summed E-state index contributed by atoms with van der Waals surface area (Å²) in [5.74, 6) is -1.08. The van der Waals surface area contributed by atoms with Gasteiger partial charge in [-0.25, -0.2) is 0 Å². The number of carboxylic acids is 1. The Morgan fingerprint density at radius 3 is 2.44 bits per heavy atom. The van der Waals surface area contributed by atoms with Crippen molar-refractivity contribution in [1.82, 2.24) is 0 Å². The topological polar surface area (TPSA) is 87.4 Å². The summed E-state index contributed by atoms with van der Waals surface area (Å²) in [6, 6.07) is 1.97. The average molecular weight is 227 g/mol. The van der Waals surface area contributed by atoms with Gasteiger partial charge >= 0.3 is 11.9 Å². The fraction of sp³-hybridized carbons (Fsp3) is 0.727. The van der Waals surface area contributed by atoms with Crippen molar-refractivity contribution in [2.24, 2.45) is 0 Å². The molecular weight excluding hydrogens is 210 g/mol. The number of hydrogen-bond acceptors (Lipinski definition) is 4. The first-order valence-electron chi connectivity index (χ1n) is 5.41. The molecule has 0 saturated carbocycles. The minimum absolute atomic E-state index is 0.150. The zero-order chi connectivity index (χ0) is 12.2. The molecule has 0 aromatic carbocycles. The molecule has 16 heavy (non-hydrogen) atoms. The Morgan fingerprint density at radius 2 is 1.81 bits per heavy atom. The number of ether oxygens (including phenoxy) is 1. The van der Waals surface area contributed by atoms with E-state index in [4.69, 9.17) is 15.1 Å². The summed E-state index contributed by atoms with van der Waals surface area (Å²) in [6.07, 6.45) is 3.41. The molecule has 0 bridgehead atoms. The van der Waals surface area contributed by atoms with Gasteiger partial charge in [-0.15, -0.1) is 0 Å². The van der Waals surface area contributed by atoms with E-state index in [0.29, 0.717) is 38.7 Å². The van der Waals surface area contributed by atoms with Gasteiger partial charge in [0, 0.05) is 19.3 Å². The van der Waals surface area contributed by atoms with E-state index >= 15 is 0 Å². The Bertz CT molecular complexity index is 257. The minimum Gasteiger partial charge on any atom is -0.481 e. The van der Waals surface area contributed by atoms with Crippen LogP contribution in [0.3, 0.4) is 0 Å². The molecule has 90 valence electrons. The van der Waals surface area contributed by atoms with Gasteiger partial charge < -0.3 is 9.84 Å². The maximum atomic E-state index is 11.1. The second-order valence-corrected chi connectivity index (χ2v) is 3.44. The molecule has 0 aliphatic carbocycles. The first-order valence-corrected chi connectivity index (χ1v) is 5.41. The van der Waals surface area contributed by atoms with Crippen LogP contribution in [0.25, 0.3) is 0 Å². The maximum absolute atomic E-state index is 11.1. The fourth-order valence-electron chi connectivity index (χ4n) is 1.13. The van der Waals surface area contributed by atoms with Gasteiger partial charge in [-0.05, 0) is 19.3 Å². The lowest BCUT2D eigenvalue weighted by atomic mass is 10.1. The van der Waals surface area contributed by atoms with E-state index < -0.39 is 5.97 Å². The summed E-state index contributed by atoms with van der Waals surface area (Å²) in [6.45, 7) is 0.293. The lowest BCUT2D eigenvalue weighted by Gasteiger charge is -2.02. The smallest absolute Gasteiger partial charge is 0.305 e. The van der Waals surface area contributed by atoms with Crippen LogP contribution in [0.2, 0.25) is 0 Å². The molecule has 0 aliphatic heterocycles. The van der Waals surface area contributed by atoms with E-state index in [0.717, 1.165) is 6.42 Å². The molecule has 0 spiro atoms. The number of nitrogens with zero attached hydrogens (tertiary/aromatic N) is 1. The molecular formula is C11H17NO4. The van der Waals surface area contributed by atoms with E-state index in [-0.39, 0.29) is 12.4 Å². The average Bonchev–Trinajstić information content (AvgIpc) is 2.23. The number of unbranched alkanes of at least 4 members (excludes halogenated alkanes) is 3. The van der Waals surface area contributed by atoms with Crippen LogP contribution in [-0.4, -0.2) is 23.7 Å². The third kappa shape index (κ3) is 10.5. The molecule has 0 aromatic heterocycles. The monoisotopic (exact) mass is 227 g/mol. The van der Waals surface area contributed by atoms with Gasteiger partial charge in [-0.1, -0.05) is 6.42 Å². The molecule has 1 N–H and O–H groups in total. The highest BCUT2D eigenvalue weighted by molar-refractivity contribution is 5.69. The molecule has 0 amide bonds. The predicted octanol–water partition coefficient (Wildman–Crippen LogP) is 1.87. The van der Waals surface area contributed by atoms with Crippen molar-refractivity contribution in [2.75, 3.05) is 6.61 Å². The molecule has 0 radical (unpaired) electrons. The molecule has 0 fully saturated rings. The number of aliphatic carboxylic acids is 1. The number of rotatable bonds is 9. The van der Waals surface area contributed by atoms with Gasteiger partial charge in [0.25, 0.3) is 0 Å². The number of carboxylic acid groups (broad SMARTS) is 1. The number of carbonyl (C=O) groups is 2. The SMILES string of the molecule is N#CCCCOC(=O)CCCCCC(=O)O. The molecule has 0 aliphatic rings. The first kappa shape index (κ1) is 14.4. The Kier molecular flexibility index (Phi) is 8.99. The molecule has 0 aromatic rings. The number of carbonyl (C=O) groups excluding carboxylic acids is 1. The van der Waals surface area contributed by atoms with Crippen LogP contribution in [0.1, 0.15) is 44.9 Å². The lowest BCUT2D eigenvalue weighted by Crippen LogP contribution is -2.05. The van der Waals surface area contributed by atoms with Crippen LogP contribution < -0.4 is 0 Å². The molecule has 5 heteroatoms. The van der Waals surface area contributed by atoms with Crippen LogP contribution >= 0.6 is 0 Å². The zero-order valence-corrected chi connectivity index (χ0v) is 9.28. The third-order valence-corrected chi connectivity index (χ3v) is 1.97. The normalized spacial score (nSPS) is 9.44. The molecule has 0 rings (SSSR count). The molecule has 0 heterocycles. The largest absolute Gasteiger partial charge is 0.481 e. The van der Waals surface area contributed by atoms with Gasteiger partial charge in [-0.2, -0.15) is 5.26 Å². The Hall–Kier alpha value is -1.57. The van der Waals surface area contributed by atoms with Gasteiger partial charge in [0.1, 0.15) is 0 Å². The highest BCUT2D eigenvalue weighted by Gasteiger charge is 2.03. The van der Waals surface area contributed by atoms with Crippen molar-refractivity contribution in [3.63, 3.8) is 0 Å². The fourth-order valence-corrected chi connectivity index (χ4v) is 1.13. The highest BCUT2D eigenvalue weighted by atomic mass is 16.5.